The summed E-state index contributed by atoms with van der Waals surface area (Å²) in [6, 6.07) is 5.90. The number of nitro groups is 1. The predicted molar refractivity (Wildman–Crippen MR) is 68.7 cm³/mol. The van der Waals surface area contributed by atoms with E-state index in [-0.39, 0.29) is 16.6 Å². The van der Waals surface area contributed by atoms with Crippen LogP contribution in [0.2, 0.25) is 0 Å². The van der Waals surface area contributed by atoms with E-state index in [1.54, 1.807) is 6.07 Å². The van der Waals surface area contributed by atoms with Gasteiger partial charge in [-0.25, -0.2) is 0 Å². The van der Waals surface area contributed by atoms with Crippen LogP contribution in [-0.4, -0.2) is 25.9 Å². The Morgan fingerprint density at radius 3 is 2.81 bits per heavy atom. The van der Waals surface area contributed by atoms with Gasteiger partial charge in [0.1, 0.15) is 12.9 Å². The fourth-order valence-corrected chi connectivity index (χ4v) is 2.42. The molecule has 1 heterocycles. The summed E-state index contributed by atoms with van der Waals surface area (Å²) in [5.74, 6) is 0.262. The SMILES string of the molecule is O=[N+]([O-])c1cccc(CSc2nncn2CC(F)(F)F)c1. The van der Waals surface area contributed by atoms with Gasteiger partial charge in [0.05, 0.1) is 4.92 Å². The van der Waals surface area contributed by atoms with Gasteiger partial charge in [-0.3, -0.25) is 14.7 Å². The Hall–Kier alpha value is -2.10. The average molecular weight is 318 g/mol. The van der Waals surface area contributed by atoms with Crippen molar-refractivity contribution in [2.24, 2.45) is 0 Å². The zero-order chi connectivity index (χ0) is 15.5. The quantitative estimate of drug-likeness (QED) is 0.481. The van der Waals surface area contributed by atoms with Crippen LogP contribution < -0.4 is 0 Å². The summed E-state index contributed by atoms with van der Waals surface area (Å²) in [7, 11) is 0. The molecule has 0 fully saturated rings. The highest BCUT2D eigenvalue weighted by Gasteiger charge is 2.29. The van der Waals surface area contributed by atoms with Crippen LogP contribution in [0.25, 0.3) is 0 Å². The van der Waals surface area contributed by atoms with Crippen molar-refractivity contribution in [2.75, 3.05) is 0 Å². The first-order valence-electron chi connectivity index (χ1n) is 5.66. The maximum absolute atomic E-state index is 12.3. The second-order valence-electron chi connectivity index (χ2n) is 4.07. The first kappa shape index (κ1) is 15.3. The van der Waals surface area contributed by atoms with E-state index in [1.165, 1.54) is 18.2 Å². The Labute approximate surface area is 121 Å². The first-order chi connectivity index (χ1) is 9.85. The molecule has 0 bridgehead atoms. The molecule has 0 spiro atoms. The van der Waals surface area contributed by atoms with E-state index in [0.717, 1.165) is 22.7 Å². The lowest BCUT2D eigenvalue weighted by molar-refractivity contribution is -0.384. The molecule has 0 radical (unpaired) electrons. The molecular formula is C11H9F3N4O2S. The maximum atomic E-state index is 12.3. The number of non-ortho nitro benzene ring substituents is 1. The van der Waals surface area contributed by atoms with Crippen molar-refractivity contribution in [2.45, 2.75) is 23.6 Å². The Kier molecular flexibility index (Phi) is 4.46. The van der Waals surface area contributed by atoms with E-state index in [1.807, 2.05) is 0 Å². The molecule has 0 amide bonds. The third-order valence-corrected chi connectivity index (χ3v) is 3.47. The monoisotopic (exact) mass is 318 g/mol. The minimum atomic E-state index is -4.36. The molecule has 6 nitrogen and oxygen atoms in total. The van der Waals surface area contributed by atoms with Crippen LogP contribution in [0.1, 0.15) is 5.56 Å². The number of benzene rings is 1. The molecule has 0 aliphatic heterocycles. The van der Waals surface area contributed by atoms with Crippen molar-refractivity contribution in [3.8, 4) is 0 Å². The highest BCUT2D eigenvalue weighted by molar-refractivity contribution is 7.98. The third kappa shape index (κ3) is 4.45. The summed E-state index contributed by atoms with van der Waals surface area (Å²) in [5.41, 5.74) is 0.556. The number of aromatic nitrogens is 3. The standard InChI is InChI=1S/C11H9F3N4O2S/c12-11(13,14)6-17-7-15-16-10(17)21-5-8-2-1-3-9(4-8)18(19)20/h1-4,7H,5-6H2. The lowest BCUT2D eigenvalue weighted by atomic mass is 10.2. The summed E-state index contributed by atoms with van der Waals surface area (Å²) >= 11 is 1.03. The number of nitrogens with zero attached hydrogens (tertiary/aromatic N) is 4. The van der Waals surface area contributed by atoms with Gasteiger partial charge >= 0.3 is 6.18 Å². The zero-order valence-electron chi connectivity index (χ0n) is 10.4. The second-order valence-corrected chi connectivity index (χ2v) is 5.01. The van der Waals surface area contributed by atoms with Gasteiger partial charge in [-0.1, -0.05) is 23.9 Å². The third-order valence-electron chi connectivity index (χ3n) is 2.42. The summed E-state index contributed by atoms with van der Waals surface area (Å²) in [4.78, 5) is 10.1. The molecule has 0 atom stereocenters. The van der Waals surface area contributed by atoms with Gasteiger partial charge in [0.2, 0.25) is 0 Å². The zero-order valence-corrected chi connectivity index (χ0v) is 11.3. The molecule has 21 heavy (non-hydrogen) atoms. The Balaban J connectivity index is 2.05. The van der Waals surface area contributed by atoms with Gasteiger partial charge in [-0.05, 0) is 5.56 Å². The molecule has 0 saturated carbocycles. The fourth-order valence-electron chi connectivity index (χ4n) is 1.57. The maximum Gasteiger partial charge on any atom is 0.406 e. The number of halogens is 3. The van der Waals surface area contributed by atoms with Crippen molar-refractivity contribution < 1.29 is 18.1 Å². The molecular weight excluding hydrogens is 309 g/mol. The Morgan fingerprint density at radius 2 is 2.14 bits per heavy atom. The fraction of sp³-hybridized carbons (Fsp3) is 0.273. The van der Waals surface area contributed by atoms with Crippen molar-refractivity contribution in [3.05, 3.63) is 46.3 Å². The van der Waals surface area contributed by atoms with Crippen LogP contribution in [0.5, 0.6) is 0 Å². The molecule has 1 aromatic carbocycles. The number of hydrogen-bond acceptors (Lipinski definition) is 5. The molecule has 0 saturated heterocycles. The van der Waals surface area contributed by atoms with E-state index in [4.69, 9.17) is 0 Å². The number of thioether (sulfide) groups is 1. The summed E-state index contributed by atoms with van der Waals surface area (Å²) in [5, 5.41) is 17.8. The molecule has 0 aliphatic rings. The minimum Gasteiger partial charge on any atom is -0.299 e. The van der Waals surface area contributed by atoms with E-state index < -0.39 is 17.6 Å². The molecule has 0 unspecified atom stereocenters. The van der Waals surface area contributed by atoms with Crippen molar-refractivity contribution in [1.29, 1.82) is 0 Å². The number of rotatable bonds is 5. The van der Waals surface area contributed by atoms with Crippen molar-refractivity contribution in [1.82, 2.24) is 14.8 Å². The van der Waals surface area contributed by atoms with Crippen LogP contribution in [0.15, 0.2) is 35.7 Å². The lowest BCUT2D eigenvalue weighted by Gasteiger charge is -2.09. The van der Waals surface area contributed by atoms with Gasteiger partial charge in [-0.2, -0.15) is 13.2 Å². The summed E-state index contributed by atoms with van der Waals surface area (Å²) in [6.07, 6.45) is -3.35. The van der Waals surface area contributed by atoms with Gasteiger partial charge in [0, 0.05) is 17.9 Å². The number of nitro benzene ring substituents is 1. The van der Waals surface area contributed by atoms with Crippen molar-refractivity contribution >= 4 is 17.4 Å². The largest absolute Gasteiger partial charge is 0.406 e. The highest BCUT2D eigenvalue weighted by Crippen LogP contribution is 2.25. The van der Waals surface area contributed by atoms with Crippen LogP contribution in [0.3, 0.4) is 0 Å². The predicted octanol–water partition coefficient (Wildman–Crippen LogP) is 3.04. The average Bonchev–Trinajstić information content (AvgIpc) is 2.81. The first-order valence-corrected chi connectivity index (χ1v) is 6.64. The normalized spacial score (nSPS) is 11.6. The van der Waals surface area contributed by atoms with E-state index >= 15 is 0 Å². The van der Waals surface area contributed by atoms with Crippen LogP contribution in [0, 0.1) is 10.1 Å². The summed E-state index contributed by atoms with van der Waals surface area (Å²) in [6.45, 7) is -1.17. The minimum absolute atomic E-state index is 0.0649. The molecule has 1 aromatic heterocycles. The topological polar surface area (TPSA) is 73.8 Å². The van der Waals surface area contributed by atoms with Gasteiger partial charge < -0.3 is 0 Å². The second kappa shape index (κ2) is 6.12. The lowest BCUT2D eigenvalue weighted by Crippen LogP contribution is -2.17. The molecule has 10 heteroatoms. The van der Waals surface area contributed by atoms with Crippen LogP contribution >= 0.6 is 11.8 Å². The molecule has 2 rings (SSSR count). The smallest absolute Gasteiger partial charge is 0.299 e. The van der Waals surface area contributed by atoms with Gasteiger partial charge in [0.15, 0.2) is 5.16 Å². The van der Waals surface area contributed by atoms with Gasteiger partial charge in [-0.15, -0.1) is 10.2 Å². The molecule has 2 aromatic rings. The van der Waals surface area contributed by atoms with Crippen molar-refractivity contribution in [3.63, 3.8) is 0 Å². The summed E-state index contributed by atoms with van der Waals surface area (Å²) < 4.78 is 37.9. The molecule has 112 valence electrons. The van der Waals surface area contributed by atoms with Gasteiger partial charge in [0.25, 0.3) is 5.69 Å². The Morgan fingerprint density at radius 1 is 1.38 bits per heavy atom. The molecule has 0 N–H and O–H groups in total. The van der Waals surface area contributed by atoms with E-state index in [2.05, 4.69) is 10.2 Å². The molecule has 0 aliphatic carbocycles. The Bertz CT molecular complexity index is 644. The van der Waals surface area contributed by atoms with Crippen LogP contribution in [0.4, 0.5) is 18.9 Å². The number of hydrogen-bond donors (Lipinski definition) is 0. The van der Waals surface area contributed by atoms with E-state index in [0.29, 0.717) is 5.56 Å². The highest BCUT2D eigenvalue weighted by atomic mass is 32.2. The van der Waals surface area contributed by atoms with E-state index in [9.17, 15) is 23.3 Å². The van der Waals surface area contributed by atoms with Crippen LogP contribution in [-0.2, 0) is 12.3 Å². The number of alkyl halides is 3.